The second-order valence-corrected chi connectivity index (χ2v) is 10.5. The average Bonchev–Trinajstić information content (AvgIpc) is 2.81. The highest BCUT2D eigenvalue weighted by Gasteiger charge is 2.32. The summed E-state index contributed by atoms with van der Waals surface area (Å²) in [6.45, 7) is 5.92. The van der Waals surface area contributed by atoms with Gasteiger partial charge in [0.2, 0.25) is 11.8 Å². The standard InChI is InChI=1S/C29H32Cl2N2O2/c1-29(2,3)32-28(35)26(19-22-13-8-5-9-14-22)33(20-23-24(30)15-10-16-25(23)31)27(34)18-17-21-11-6-4-7-12-21/h4-16,26H,17-20H2,1-3H3,(H,32,35). The van der Waals surface area contributed by atoms with Crippen LogP contribution < -0.4 is 5.32 Å². The number of nitrogens with zero attached hydrogens (tertiary/aromatic N) is 1. The molecule has 0 saturated heterocycles. The minimum atomic E-state index is -0.729. The lowest BCUT2D eigenvalue weighted by molar-refractivity contribution is -0.141. The molecule has 184 valence electrons. The molecule has 3 aromatic rings. The number of halogens is 2. The van der Waals surface area contributed by atoms with E-state index in [0.717, 1.165) is 11.1 Å². The van der Waals surface area contributed by atoms with Gasteiger partial charge in [-0.1, -0.05) is 89.9 Å². The highest BCUT2D eigenvalue weighted by molar-refractivity contribution is 6.36. The van der Waals surface area contributed by atoms with Crippen molar-refractivity contribution in [1.82, 2.24) is 10.2 Å². The fraction of sp³-hybridized carbons (Fsp3) is 0.310. The molecule has 0 fully saturated rings. The Labute approximate surface area is 218 Å². The van der Waals surface area contributed by atoms with E-state index < -0.39 is 11.6 Å². The molecule has 3 aromatic carbocycles. The maximum Gasteiger partial charge on any atom is 0.243 e. The van der Waals surface area contributed by atoms with Crippen LogP contribution in [0.4, 0.5) is 0 Å². The first-order chi connectivity index (χ1) is 16.6. The summed E-state index contributed by atoms with van der Waals surface area (Å²) < 4.78 is 0. The molecule has 0 aliphatic rings. The van der Waals surface area contributed by atoms with E-state index in [0.29, 0.717) is 28.5 Å². The van der Waals surface area contributed by atoms with Gasteiger partial charge in [-0.2, -0.15) is 0 Å². The molecule has 0 radical (unpaired) electrons. The van der Waals surface area contributed by atoms with E-state index in [2.05, 4.69) is 5.32 Å². The molecule has 0 saturated carbocycles. The van der Waals surface area contributed by atoms with Crippen molar-refractivity contribution >= 4 is 35.0 Å². The van der Waals surface area contributed by atoms with E-state index in [1.54, 1.807) is 23.1 Å². The number of rotatable bonds is 9. The van der Waals surface area contributed by atoms with Crippen molar-refractivity contribution in [2.45, 2.75) is 58.2 Å². The number of carbonyl (C=O) groups is 2. The van der Waals surface area contributed by atoms with E-state index in [-0.39, 0.29) is 24.8 Å². The molecule has 0 aliphatic heterocycles. The van der Waals surface area contributed by atoms with Crippen molar-refractivity contribution < 1.29 is 9.59 Å². The third kappa shape index (κ3) is 8.12. The predicted molar refractivity (Wildman–Crippen MR) is 144 cm³/mol. The van der Waals surface area contributed by atoms with Gasteiger partial charge in [-0.15, -0.1) is 0 Å². The Hall–Kier alpha value is -2.82. The lowest BCUT2D eigenvalue weighted by Crippen LogP contribution is -2.54. The Kier molecular flexibility index (Phi) is 9.36. The zero-order valence-electron chi connectivity index (χ0n) is 20.4. The molecule has 0 bridgehead atoms. The van der Waals surface area contributed by atoms with Gasteiger partial charge in [-0.3, -0.25) is 9.59 Å². The van der Waals surface area contributed by atoms with Gasteiger partial charge in [-0.25, -0.2) is 0 Å². The molecule has 0 aromatic heterocycles. The molecule has 6 heteroatoms. The Morgan fingerprint density at radius 3 is 1.91 bits per heavy atom. The number of amides is 2. The first kappa shape index (κ1) is 26.8. The molecule has 2 amide bonds. The van der Waals surface area contributed by atoms with Gasteiger partial charge in [0.1, 0.15) is 6.04 Å². The first-order valence-electron chi connectivity index (χ1n) is 11.8. The van der Waals surface area contributed by atoms with Crippen LogP contribution in [0.2, 0.25) is 10.0 Å². The van der Waals surface area contributed by atoms with E-state index in [1.165, 1.54) is 0 Å². The maximum absolute atomic E-state index is 13.7. The van der Waals surface area contributed by atoms with E-state index >= 15 is 0 Å². The zero-order chi connectivity index (χ0) is 25.4. The molecule has 35 heavy (non-hydrogen) atoms. The van der Waals surface area contributed by atoms with Crippen molar-refractivity contribution in [1.29, 1.82) is 0 Å². The molecular formula is C29H32Cl2N2O2. The van der Waals surface area contributed by atoms with Gasteiger partial charge in [-0.05, 0) is 50.5 Å². The Morgan fingerprint density at radius 2 is 1.37 bits per heavy atom. The van der Waals surface area contributed by atoms with Crippen LogP contribution in [0.25, 0.3) is 0 Å². The van der Waals surface area contributed by atoms with Crippen LogP contribution in [0, 0.1) is 0 Å². The fourth-order valence-corrected chi connectivity index (χ4v) is 4.42. The molecule has 0 spiro atoms. The van der Waals surface area contributed by atoms with Crippen molar-refractivity contribution in [2.75, 3.05) is 0 Å². The lowest BCUT2D eigenvalue weighted by atomic mass is 10.00. The number of hydrogen-bond donors (Lipinski definition) is 1. The molecule has 1 atom stereocenters. The van der Waals surface area contributed by atoms with E-state index in [9.17, 15) is 9.59 Å². The second-order valence-electron chi connectivity index (χ2n) is 9.65. The van der Waals surface area contributed by atoms with Crippen LogP contribution in [0.1, 0.15) is 43.9 Å². The van der Waals surface area contributed by atoms with Gasteiger partial charge in [0.15, 0.2) is 0 Å². The highest BCUT2D eigenvalue weighted by Crippen LogP contribution is 2.28. The van der Waals surface area contributed by atoms with Crippen LogP contribution in [-0.4, -0.2) is 28.3 Å². The first-order valence-corrected chi connectivity index (χ1v) is 12.5. The largest absolute Gasteiger partial charge is 0.350 e. The third-order valence-corrected chi connectivity index (χ3v) is 6.34. The Morgan fingerprint density at radius 1 is 0.829 bits per heavy atom. The monoisotopic (exact) mass is 510 g/mol. The number of benzene rings is 3. The Bertz CT molecular complexity index is 1110. The molecule has 0 aliphatic carbocycles. The molecular weight excluding hydrogens is 479 g/mol. The van der Waals surface area contributed by atoms with Crippen LogP contribution >= 0.6 is 23.2 Å². The molecule has 3 rings (SSSR count). The predicted octanol–water partition coefficient (Wildman–Crippen LogP) is 6.48. The number of carbonyl (C=O) groups excluding carboxylic acids is 2. The summed E-state index contributed by atoms with van der Waals surface area (Å²) in [7, 11) is 0. The molecule has 0 heterocycles. The number of nitrogens with one attached hydrogen (secondary N) is 1. The van der Waals surface area contributed by atoms with Crippen molar-refractivity contribution in [2.24, 2.45) is 0 Å². The number of hydrogen-bond acceptors (Lipinski definition) is 2. The summed E-state index contributed by atoms with van der Waals surface area (Å²) in [6, 6.07) is 24.1. The zero-order valence-corrected chi connectivity index (χ0v) is 21.9. The quantitative estimate of drug-likeness (QED) is 0.358. The summed E-state index contributed by atoms with van der Waals surface area (Å²) in [5.41, 5.74) is 2.21. The van der Waals surface area contributed by atoms with Gasteiger partial charge >= 0.3 is 0 Å². The third-order valence-electron chi connectivity index (χ3n) is 5.63. The normalized spacial score (nSPS) is 12.1. The van der Waals surface area contributed by atoms with Crippen LogP contribution in [0.3, 0.4) is 0 Å². The van der Waals surface area contributed by atoms with Crippen molar-refractivity contribution in [3.05, 3.63) is 106 Å². The van der Waals surface area contributed by atoms with Gasteiger partial charge in [0, 0.05) is 40.5 Å². The summed E-state index contributed by atoms with van der Waals surface area (Å²) in [5.74, 6) is -0.340. The summed E-state index contributed by atoms with van der Waals surface area (Å²) in [6.07, 6.45) is 1.22. The minimum Gasteiger partial charge on any atom is -0.350 e. The fourth-order valence-electron chi connectivity index (χ4n) is 3.90. The Balaban J connectivity index is 1.97. The minimum absolute atomic E-state index is 0.130. The van der Waals surface area contributed by atoms with Gasteiger partial charge < -0.3 is 10.2 Å². The second kappa shape index (κ2) is 12.2. The van der Waals surface area contributed by atoms with Gasteiger partial charge in [0.05, 0.1) is 0 Å². The maximum atomic E-state index is 13.7. The molecule has 1 N–H and O–H groups in total. The van der Waals surface area contributed by atoms with Crippen LogP contribution in [-0.2, 0) is 29.0 Å². The summed E-state index contributed by atoms with van der Waals surface area (Å²) in [4.78, 5) is 28.9. The van der Waals surface area contributed by atoms with E-state index in [4.69, 9.17) is 23.2 Å². The smallest absolute Gasteiger partial charge is 0.243 e. The molecule has 4 nitrogen and oxygen atoms in total. The lowest BCUT2D eigenvalue weighted by Gasteiger charge is -2.34. The van der Waals surface area contributed by atoms with Crippen LogP contribution in [0.15, 0.2) is 78.9 Å². The van der Waals surface area contributed by atoms with Crippen LogP contribution in [0.5, 0.6) is 0 Å². The average molecular weight is 511 g/mol. The van der Waals surface area contributed by atoms with Crippen molar-refractivity contribution in [3.8, 4) is 0 Å². The van der Waals surface area contributed by atoms with Crippen molar-refractivity contribution in [3.63, 3.8) is 0 Å². The van der Waals surface area contributed by atoms with Gasteiger partial charge in [0.25, 0.3) is 0 Å². The molecule has 1 unspecified atom stereocenters. The highest BCUT2D eigenvalue weighted by atomic mass is 35.5. The SMILES string of the molecule is CC(C)(C)NC(=O)C(Cc1ccccc1)N(Cc1c(Cl)cccc1Cl)C(=O)CCc1ccccc1. The summed E-state index contributed by atoms with van der Waals surface area (Å²) >= 11 is 13.0. The summed E-state index contributed by atoms with van der Waals surface area (Å²) in [5, 5.41) is 4.00. The number of aryl methyl sites for hydroxylation is 1. The van der Waals surface area contributed by atoms with E-state index in [1.807, 2.05) is 81.4 Å². The topological polar surface area (TPSA) is 49.4 Å².